The van der Waals surface area contributed by atoms with Crippen molar-refractivity contribution in [1.29, 1.82) is 5.26 Å². The van der Waals surface area contributed by atoms with E-state index in [9.17, 15) is 23.6 Å². The first-order chi connectivity index (χ1) is 21.5. The van der Waals surface area contributed by atoms with E-state index in [1.807, 2.05) is 37.8 Å². The number of hydrogen-bond acceptors (Lipinski definition) is 8. The van der Waals surface area contributed by atoms with E-state index in [-0.39, 0.29) is 23.5 Å². The summed E-state index contributed by atoms with van der Waals surface area (Å²) in [5, 5.41) is 25.1. The van der Waals surface area contributed by atoms with Crippen LogP contribution >= 0.6 is 0 Å². The number of allylic oxidation sites excluding steroid dienone is 3. The van der Waals surface area contributed by atoms with Gasteiger partial charge in [-0.3, -0.25) is 4.79 Å². The number of nitrogens with two attached hydrogens (primary N) is 1. The van der Waals surface area contributed by atoms with Gasteiger partial charge in [0.15, 0.2) is 0 Å². The van der Waals surface area contributed by atoms with E-state index in [1.54, 1.807) is 35.3 Å². The van der Waals surface area contributed by atoms with Crippen molar-refractivity contribution < 1.29 is 18.3 Å². The van der Waals surface area contributed by atoms with Gasteiger partial charge in [-0.1, -0.05) is 30.2 Å². The Bertz CT molecular complexity index is 1650. The summed E-state index contributed by atoms with van der Waals surface area (Å²) >= 11 is 0. The van der Waals surface area contributed by atoms with Crippen LogP contribution in [0.1, 0.15) is 41.3 Å². The molecule has 10 nitrogen and oxygen atoms in total. The summed E-state index contributed by atoms with van der Waals surface area (Å²) in [7, 11) is -3.88. The lowest BCUT2D eigenvalue weighted by Crippen LogP contribution is -2.49. The van der Waals surface area contributed by atoms with Crippen molar-refractivity contribution in [3.8, 4) is 18.4 Å². The predicted octanol–water partition coefficient (Wildman–Crippen LogP) is 3.16. The van der Waals surface area contributed by atoms with Crippen LogP contribution in [0.5, 0.6) is 0 Å². The summed E-state index contributed by atoms with van der Waals surface area (Å²) in [5.41, 5.74) is 5.28. The van der Waals surface area contributed by atoms with Crippen LogP contribution in [0.15, 0.2) is 64.7 Å². The second kappa shape index (κ2) is 14.7. The van der Waals surface area contributed by atoms with Gasteiger partial charge in [-0.15, -0.1) is 6.42 Å². The lowest BCUT2D eigenvalue weighted by molar-refractivity contribution is 0.0746. The molecular formula is C34H42N6O4S. The van der Waals surface area contributed by atoms with Crippen LogP contribution in [0.25, 0.3) is 0 Å². The number of anilines is 2. The molecule has 238 valence electrons. The van der Waals surface area contributed by atoms with Crippen molar-refractivity contribution in [3.05, 3.63) is 76.5 Å². The number of piperidine rings is 1. The molecule has 2 saturated heterocycles. The highest BCUT2D eigenvalue weighted by atomic mass is 32.2. The Balaban J connectivity index is 1.52. The van der Waals surface area contributed by atoms with Crippen LogP contribution in [0, 0.1) is 37.5 Å². The van der Waals surface area contributed by atoms with Crippen LogP contribution in [0.4, 0.5) is 11.4 Å². The number of aliphatic hydroxyl groups is 1. The third kappa shape index (κ3) is 7.51. The molecule has 0 bridgehead atoms. The lowest BCUT2D eigenvalue weighted by atomic mass is 9.97. The number of likely N-dealkylation sites (tertiary alicyclic amines) is 1. The van der Waals surface area contributed by atoms with Crippen molar-refractivity contribution in [2.45, 2.75) is 44.6 Å². The third-order valence-electron chi connectivity index (χ3n) is 8.65. The average molecular weight is 631 g/mol. The number of para-hydroxylation sites is 1. The number of hydrogen-bond donors (Lipinski definition) is 2. The number of nitriles is 1. The molecule has 0 aromatic heterocycles. The number of piperazine rings is 1. The van der Waals surface area contributed by atoms with Crippen LogP contribution in [-0.2, 0) is 10.0 Å². The number of nitrogens with zero attached hydrogens (tertiary/aromatic N) is 5. The number of amides is 1. The van der Waals surface area contributed by atoms with Gasteiger partial charge < -0.3 is 24.7 Å². The largest absolute Gasteiger partial charge is 0.395 e. The van der Waals surface area contributed by atoms with E-state index >= 15 is 0 Å². The highest BCUT2D eigenvalue weighted by Crippen LogP contribution is 2.32. The number of sulfonamides is 1. The van der Waals surface area contributed by atoms with Crippen LogP contribution < -0.4 is 14.9 Å². The Labute approximate surface area is 267 Å². The number of carbonyl (C=O) groups is 1. The number of carbonyl (C=O) groups excluding carboxylic acids is 1. The van der Waals surface area contributed by atoms with Crippen LogP contribution in [0.3, 0.4) is 0 Å². The Morgan fingerprint density at radius 2 is 1.76 bits per heavy atom. The van der Waals surface area contributed by atoms with E-state index in [1.165, 1.54) is 6.07 Å². The van der Waals surface area contributed by atoms with E-state index in [0.717, 1.165) is 35.4 Å². The van der Waals surface area contributed by atoms with Gasteiger partial charge in [-0.25, -0.2) is 13.6 Å². The fourth-order valence-electron chi connectivity index (χ4n) is 6.37. The SMILES string of the molecule is C#C/C=C(\C(C#N)=C/C)N1CCC(N(CCO)c2cc(C(=O)N3CCN(c4ccccc4S(N)(=O)=O)CC3)c(C)cc2C)CC1. The highest BCUT2D eigenvalue weighted by Gasteiger charge is 2.30. The molecule has 0 unspecified atom stereocenters. The highest BCUT2D eigenvalue weighted by molar-refractivity contribution is 7.89. The molecule has 1 amide bonds. The van der Waals surface area contributed by atoms with Crippen molar-refractivity contribution in [2.24, 2.45) is 5.14 Å². The van der Waals surface area contributed by atoms with Gasteiger partial charge in [0.05, 0.1) is 23.6 Å². The summed E-state index contributed by atoms with van der Waals surface area (Å²) in [4.78, 5) is 22.1. The molecule has 2 aliphatic rings. The second-order valence-electron chi connectivity index (χ2n) is 11.4. The zero-order valence-corrected chi connectivity index (χ0v) is 27.1. The number of aliphatic hydroxyl groups excluding tert-OH is 1. The van der Waals surface area contributed by atoms with Crippen LogP contribution in [0.2, 0.25) is 0 Å². The summed E-state index contributed by atoms with van der Waals surface area (Å²) in [6.07, 6.45) is 10.6. The average Bonchev–Trinajstić information content (AvgIpc) is 3.04. The maximum Gasteiger partial charge on any atom is 0.254 e. The Hall–Kier alpha value is -4.29. The third-order valence-corrected chi connectivity index (χ3v) is 9.61. The van der Waals surface area contributed by atoms with E-state index in [2.05, 4.69) is 21.8 Å². The van der Waals surface area contributed by atoms with Crippen molar-refractivity contribution in [1.82, 2.24) is 9.80 Å². The molecule has 0 saturated carbocycles. The Morgan fingerprint density at radius 1 is 1.09 bits per heavy atom. The van der Waals surface area contributed by atoms with Gasteiger partial charge in [-0.05, 0) is 62.9 Å². The van der Waals surface area contributed by atoms with Gasteiger partial charge >= 0.3 is 0 Å². The molecule has 2 aromatic carbocycles. The molecule has 3 N–H and O–H groups in total. The Morgan fingerprint density at radius 3 is 2.33 bits per heavy atom. The number of benzene rings is 2. The molecule has 45 heavy (non-hydrogen) atoms. The molecule has 0 radical (unpaired) electrons. The van der Waals surface area contributed by atoms with Crippen molar-refractivity contribution >= 4 is 27.3 Å². The van der Waals surface area contributed by atoms with E-state index in [4.69, 9.17) is 11.6 Å². The van der Waals surface area contributed by atoms with Crippen LogP contribution in [-0.4, -0.2) is 87.7 Å². The molecule has 2 aromatic rings. The molecule has 2 fully saturated rings. The quantitative estimate of drug-likeness (QED) is 0.245. The van der Waals surface area contributed by atoms with Gasteiger partial charge in [0, 0.05) is 69.2 Å². The number of aryl methyl sites for hydroxylation is 2. The molecule has 0 spiro atoms. The standard InChI is InChI=1S/C34H42N6O4S/c1-5-9-30(27(6-2)24-35)37-14-12-28(13-15-37)40(20-21-41)32-23-29(25(3)22-26(32)4)34(42)39-18-16-38(17-19-39)31-10-7-8-11-33(31)45(36,43)44/h1,6-11,22-23,28,41H,12-21H2,2-4H3,(H2,36,43,44)/b27-6-,30-9+. The monoisotopic (exact) mass is 630 g/mol. The van der Waals surface area contributed by atoms with E-state index in [0.29, 0.717) is 62.6 Å². The first kappa shape index (κ1) is 33.6. The van der Waals surface area contributed by atoms with Gasteiger partial charge in [0.1, 0.15) is 11.0 Å². The molecule has 4 rings (SSSR count). The number of primary sulfonamides is 1. The smallest absolute Gasteiger partial charge is 0.254 e. The number of rotatable bonds is 9. The molecular weight excluding hydrogens is 588 g/mol. The first-order valence-electron chi connectivity index (χ1n) is 15.2. The fourth-order valence-corrected chi connectivity index (χ4v) is 7.13. The molecule has 0 atom stereocenters. The van der Waals surface area contributed by atoms with E-state index < -0.39 is 10.0 Å². The minimum absolute atomic E-state index is 0.0296. The van der Waals surface area contributed by atoms with Gasteiger partial charge in [0.25, 0.3) is 5.91 Å². The zero-order valence-electron chi connectivity index (χ0n) is 26.2. The summed E-state index contributed by atoms with van der Waals surface area (Å²) in [6.45, 7) is 9.40. The first-order valence-corrected chi connectivity index (χ1v) is 16.7. The molecule has 2 aliphatic heterocycles. The summed E-state index contributed by atoms with van der Waals surface area (Å²) < 4.78 is 24.3. The van der Waals surface area contributed by atoms with Crippen molar-refractivity contribution in [2.75, 3.05) is 62.2 Å². The molecule has 11 heteroatoms. The Kier molecular flexibility index (Phi) is 10.9. The van der Waals surface area contributed by atoms with Crippen molar-refractivity contribution in [3.63, 3.8) is 0 Å². The molecule has 2 heterocycles. The minimum atomic E-state index is -3.88. The maximum atomic E-state index is 13.9. The molecule has 0 aliphatic carbocycles. The normalized spacial score (nSPS) is 16.7. The zero-order chi connectivity index (χ0) is 32.7. The second-order valence-corrected chi connectivity index (χ2v) is 12.9. The van der Waals surface area contributed by atoms with Gasteiger partial charge in [0.2, 0.25) is 10.0 Å². The predicted molar refractivity (Wildman–Crippen MR) is 177 cm³/mol. The lowest BCUT2D eigenvalue weighted by Gasteiger charge is -2.42. The fraction of sp³-hybridized carbons (Fsp3) is 0.412. The number of terminal acetylenes is 1. The minimum Gasteiger partial charge on any atom is -0.395 e. The summed E-state index contributed by atoms with van der Waals surface area (Å²) in [6, 6.07) is 13.0. The summed E-state index contributed by atoms with van der Waals surface area (Å²) in [5.74, 6) is 2.49. The van der Waals surface area contributed by atoms with Gasteiger partial charge in [-0.2, -0.15) is 5.26 Å². The topological polar surface area (TPSA) is 134 Å². The maximum absolute atomic E-state index is 13.9.